The SMILES string of the molecule is Cc1ccc(CN(C(=O)CC2=NS(=O)(=O)c3cc(NS(C)(=O)=O)ccc3N2)[C@H]2[C@@H]3CC[C@@H](C3)[C@H]2C=O)cc1F. The van der Waals surface area contributed by atoms with Crippen LogP contribution in [0.15, 0.2) is 45.7 Å². The van der Waals surface area contributed by atoms with Crippen LogP contribution in [0.3, 0.4) is 0 Å². The number of anilines is 2. The van der Waals surface area contributed by atoms with Gasteiger partial charge in [0.2, 0.25) is 15.9 Å². The van der Waals surface area contributed by atoms with Gasteiger partial charge in [0.25, 0.3) is 10.0 Å². The zero-order valence-corrected chi connectivity index (χ0v) is 23.1. The van der Waals surface area contributed by atoms with Crippen LogP contribution in [-0.4, -0.2) is 52.1 Å². The zero-order chi connectivity index (χ0) is 28.1. The summed E-state index contributed by atoms with van der Waals surface area (Å²) in [6.45, 7) is 1.72. The molecule has 3 aliphatic rings. The van der Waals surface area contributed by atoms with Crippen LogP contribution in [0.25, 0.3) is 0 Å². The van der Waals surface area contributed by atoms with Gasteiger partial charge in [0.15, 0.2) is 0 Å². The first-order chi connectivity index (χ1) is 18.3. The molecule has 2 aliphatic carbocycles. The fourth-order valence-corrected chi connectivity index (χ4v) is 7.79. The first kappa shape index (κ1) is 27.3. The van der Waals surface area contributed by atoms with Crippen molar-refractivity contribution < 1.29 is 30.8 Å². The number of aryl methyl sites for hydroxylation is 1. The summed E-state index contributed by atoms with van der Waals surface area (Å²) >= 11 is 0. The Hall–Kier alpha value is -3.32. The lowest BCUT2D eigenvalue weighted by Gasteiger charge is -2.38. The van der Waals surface area contributed by atoms with Gasteiger partial charge in [-0.15, -0.1) is 4.40 Å². The number of fused-ring (bicyclic) bond motifs is 3. The van der Waals surface area contributed by atoms with E-state index >= 15 is 0 Å². The van der Waals surface area contributed by atoms with Crippen molar-refractivity contribution in [1.29, 1.82) is 0 Å². The number of amides is 1. The molecule has 13 heteroatoms. The number of rotatable bonds is 8. The van der Waals surface area contributed by atoms with Gasteiger partial charge in [0.05, 0.1) is 18.4 Å². The molecule has 2 bridgehead atoms. The average molecular weight is 577 g/mol. The minimum Gasteiger partial charge on any atom is -0.341 e. The largest absolute Gasteiger partial charge is 0.341 e. The lowest BCUT2D eigenvalue weighted by molar-refractivity contribution is -0.136. The van der Waals surface area contributed by atoms with Gasteiger partial charge in [-0.2, -0.15) is 8.42 Å². The molecule has 2 N–H and O–H groups in total. The second-order valence-corrected chi connectivity index (χ2v) is 13.9. The first-order valence-electron chi connectivity index (χ1n) is 12.6. The highest BCUT2D eigenvalue weighted by atomic mass is 32.2. The quantitative estimate of drug-likeness (QED) is 0.460. The second kappa shape index (κ2) is 10.0. The molecule has 4 atom stereocenters. The summed E-state index contributed by atoms with van der Waals surface area (Å²) in [5.74, 6) is -0.937. The Morgan fingerprint density at radius 3 is 2.64 bits per heavy atom. The summed E-state index contributed by atoms with van der Waals surface area (Å²) in [6, 6.07) is 8.33. The van der Waals surface area contributed by atoms with E-state index in [0.29, 0.717) is 11.1 Å². The molecule has 2 saturated carbocycles. The van der Waals surface area contributed by atoms with Gasteiger partial charge in [0.1, 0.15) is 22.8 Å². The van der Waals surface area contributed by atoms with E-state index in [1.165, 1.54) is 18.2 Å². The van der Waals surface area contributed by atoms with Crippen molar-refractivity contribution in [2.24, 2.45) is 22.2 Å². The highest BCUT2D eigenvalue weighted by Gasteiger charge is 2.51. The Kier molecular flexibility index (Phi) is 7.00. The maximum atomic E-state index is 14.3. The number of hydrogen-bond donors (Lipinski definition) is 2. The van der Waals surface area contributed by atoms with Gasteiger partial charge in [-0.3, -0.25) is 9.52 Å². The number of halogens is 1. The van der Waals surface area contributed by atoms with Gasteiger partial charge in [-0.25, -0.2) is 12.8 Å². The number of hydrogen-bond acceptors (Lipinski definition) is 7. The van der Waals surface area contributed by atoms with E-state index in [1.54, 1.807) is 24.0 Å². The van der Waals surface area contributed by atoms with E-state index in [4.69, 9.17) is 0 Å². The first-order valence-corrected chi connectivity index (χ1v) is 15.9. The molecule has 208 valence electrons. The molecule has 10 nitrogen and oxygen atoms in total. The highest BCUT2D eigenvalue weighted by Crippen LogP contribution is 2.50. The van der Waals surface area contributed by atoms with Crippen LogP contribution in [0, 0.1) is 30.5 Å². The Balaban J connectivity index is 1.43. The number of carbonyl (C=O) groups is 2. The number of sulfonamides is 2. The van der Waals surface area contributed by atoms with E-state index < -0.39 is 31.8 Å². The molecule has 39 heavy (non-hydrogen) atoms. The molecular formula is C26H29FN4O6S2. The van der Waals surface area contributed by atoms with Gasteiger partial charge in [0, 0.05) is 24.2 Å². The van der Waals surface area contributed by atoms with E-state index in [0.717, 1.165) is 37.9 Å². The molecule has 0 aromatic heterocycles. The van der Waals surface area contributed by atoms with Gasteiger partial charge in [-0.1, -0.05) is 12.1 Å². The topological polar surface area (TPSA) is 142 Å². The summed E-state index contributed by atoms with van der Waals surface area (Å²) in [5.41, 5.74) is 1.26. The third-order valence-electron chi connectivity index (χ3n) is 7.75. The predicted molar refractivity (Wildman–Crippen MR) is 144 cm³/mol. The number of nitrogens with one attached hydrogen (secondary N) is 2. The summed E-state index contributed by atoms with van der Waals surface area (Å²) in [5, 5.41) is 2.88. The number of nitrogens with zero attached hydrogens (tertiary/aromatic N) is 2. The molecule has 0 saturated heterocycles. The van der Waals surface area contributed by atoms with E-state index in [-0.39, 0.29) is 58.9 Å². The number of benzene rings is 2. The van der Waals surface area contributed by atoms with Crippen LogP contribution in [0.4, 0.5) is 15.8 Å². The Labute approximate surface area is 226 Å². The highest BCUT2D eigenvalue weighted by molar-refractivity contribution is 7.92. The molecule has 1 amide bonds. The average Bonchev–Trinajstić information content (AvgIpc) is 3.45. The summed E-state index contributed by atoms with van der Waals surface area (Å²) in [7, 11) is -7.87. The fourth-order valence-electron chi connectivity index (χ4n) is 6.06. The Morgan fingerprint density at radius 2 is 1.95 bits per heavy atom. The molecule has 2 fully saturated rings. The van der Waals surface area contributed by atoms with Crippen molar-refractivity contribution in [3.8, 4) is 0 Å². The monoisotopic (exact) mass is 576 g/mol. The molecular weight excluding hydrogens is 547 g/mol. The minimum atomic E-state index is -4.24. The second-order valence-electron chi connectivity index (χ2n) is 10.5. The lowest BCUT2D eigenvalue weighted by Crippen LogP contribution is -2.48. The van der Waals surface area contributed by atoms with Crippen molar-refractivity contribution in [2.75, 3.05) is 16.3 Å². The Bertz CT molecular complexity index is 1590. The molecule has 1 heterocycles. The number of carbonyl (C=O) groups excluding carboxylic acids is 2. The molecule has 2 aromatic carbocycles. The predicted octanol–water partition coefficient (Wildman–Crippen LogP) is 3.05. The smallest absolute Gasteiger partial charge is 0.286 e. The third-order valence-corrected chi connectivity index (χ3v) is 9.71. The molecule has 2 aromatic rings. The minimum absolute atomic E-state index is 0.0593. The van der Waals surface area contributed by atoms with Crippen LogP contribution in [-0.2, 0) is 36.2 Å². The molecule has 0 radical (unpaired) electrons. The van der Waals surface area contributed by atoms with Crippen molar-refractivity contribution in [3.05, 3.63) is 53.3 Å². The lowest BCUT2D eigenvalue weighted by atomic mass is 9.84. The fraction of sp³-hybridized carbons (Fsp3) is 0.423. The van der Waals surface area contributed by atoms with Crippen LogP contribution in [0.1, 0.15) is 36.8 Å². The molecule has 0 unspecified atom stereocenters. The van der Waals surface area contributed by atoms with Crippen molar-refractivity contribution in [3.63, 3.8) is 0 Å². The van der Waals surface area contributed by atoms with E-state index in [9.17, 15) is 30.8 Å². The van der Waals surface area contributed by atoms with Crippen LogP contribution in [0.5, 0.6) is 0 Å². The third kappa shape index (κ3) is 5.55. The summed E-state index contributed by atoms with van der Waals surface area (Å²) in [4.78, 5) is 27.2. The normalized spacial score (nSPS) is 24.8. The summed E-state index contributed by atoms with van der Waals surface area (Å²) < 4.78 is 69.3. The van der Waals surface area contributed by atoms with E-state index in [1.807, 2.05) is 0 Å². The molecule has 0 spiro atoms. The van der Waals surface area contributed by atoms with Crippen molar-refractivity contribution in [2.45, 2.75) is 50.1 Å². The van der Waals surface area contributed by atoms with E-state index in [2.05, 4.69) is 14.4 Å². The van der Waals surface area contributed by atoms with Crippen LogP contribution >= 0.6 is 0 Å². The van der Waals surface area contributed by atoms with Crippen molar-refractivity contribution in [1.82, 2.24) is 4.90 Å². The van der Waals surface area contributed by atoms with Crippen LogP contribution in [0.2, 0.25) is 0 Å². The summed E-state index contributed by atoms with van der Waals surface area (Å²) in [6.07, 6.45) is 4.12. The zero-order valence-electron chi connectivity index (χ0n) is 21.4. The Morgan fingerprint density at radius 1 is 1.21 bits per heavy atom. The van der Waals surface area contributed by atoms with Crippen LogP contribution < -0.4 is 10.0 Å². The maximum Gasteiger partial charge on any atom is 0.286 e. The van der Waals surface area contributed by atoms with Crippen molar-refractivity contribution >= 4 is 49.5 Å². The van der Waals surface area contributed by atoms with Gasteiger partial charge < -0.3 is 15.0 Å². The molecule has 5 rings (SSSR count). The maximum absolute atomic E-state index is 14.3. The molecule has 1 aliphatic heterocycles. The number of amidine groups is 1. The standard InChI is InChI=1S/C26H29FN4O6S2/c1-15-3-4-16(9-21(15)27)13-31(26-18-6-5-17(10-18)20(26)14-32)25(33)12-24-28-22-8-7-19(29-38(2,34)35)11-23(22)39(36,37)30-24/h3-4,7-9,11,14,17-18,20,26,29H,5-6,10,12-13H2,1-2H3,(H,28,30)/t17-,18+,20+,26-/m0/s1. The number of aldehydes is 1. The van der Waals surface area contributed by atoms with Gasteiger partial charge >= 0.3 is 0 Å². The van der Waals surface area contributed by atoms with Gasteiger partial charge in [-0.05, 0) is 73.4 Å².